The molecule has 1 aliphatic heterocycles. The van der Waals surface area contributed by atoms with Gasteiger partial charge in [0, 0.05) is 30.9 Å². The van der Waals surface area contributed by atoms with E-state index < -0.39 is 0 Å². The van der Waals surface area contributed by atoms with Crippen LogP contribution >= 0.6 is 36.2 Å². The molecule has 1 saturated heterocycles. The van der Waals surface area contributed by atoms with Crippen LogP contribution in [0.25, 0.3) is 0 Å². The molecule has 1 atom stereocenters. The smallest absolute Gasteiger partial charge is 0.223 e. The molecule has 1 fully saturated rings. The maximum atomic E-state index is 12.3. The number of nitrogens with one attached hydrogen (secondary N) is 1. The second-order valence-electron chi connectivity index (χ2n) is 4.71. The fourth-order valence-electron chi connectivity index (χ4n) is 2.40. The van der Waals surface area contributed by atoms with E-state index in [0.717, 1.165) is 44.6 Å². The molecule has 1 aromatic heterocycles. The first-order chi connectivity index (χ1) is 8.81. The van der Waals surface area contributed by atoms with Crippen LogP contribution in [0.1, 0.15) is 31.9 Å². The first-order valence-electron chi connectivity index (χ1n) is 6.68. The van der Waals surface area contributed by atoms with Crippen molar-refractivity contribution in [1.29, 1.82) is 0 Å². The molecular weight excluding hydrogens is 317 g/mol. The van der Waals surface area contributed by atoms with Gasteiger partial charge in [0.2, 0.25) is 5.91 Å². The van der Waals surface area contributed by atoms with Crippen LogP contribution in [-0.4, -0.2) is 41.5 Å². The summed E-state index contributed by atoms with van der Waals surface area (Å²) in [5.41, 5.74) is 2.86. The Morgan fingerprint density at radius 1 is 1.55 bits per heavy atom. The lowest BCUT2D eigenvalue weighted by atomic mass is 10.1. The van der Waals surface area contributed by atoms with Crippen LogP contribution in [0.5, 0.6) is 0 Å². The van der Waals surface area contributed by atoms with Gasteiger partial charge in [-0.2, -0.15) is 0 Å². The molecule has 1 amide bonds. The summed E-state index contributed by atoms with van der Waals surface area (Å²) in [6.07, 6.45) is 3.46. The van der Waals surface area contributed by atoms with Crippen molar-refractivity contribution in [3.05, 3.63) is 16.6 Å². The van der Waals surface area contributed by atoms with Gasteiger partial charge >= 0.3 is 0 Å². The van der Waals surface area contributed by atoms with E-state index in [1.807, 2.05) is 10.9 Å². The summed E-state index contributed by atoms with van der Waals surface area (Å²) in [7, 11) is 0. The molecule has 2 rings (SSSR count). The molecule has 1 N–H and O–H groups in total. The normalized spacial score (nSPS) is 17.1. The van der Waals surface area contributed by atoms with E-state index in [-0.39, 0.29) is 30.7 Å². The third kappa shape index (κ3) is 5.56. The molecule has 7 heteroatoms. The van der Waals surface area contributed by atoms with Crippen molar-refractivity contribution in [2.75, 3.05) is 19.6 Å². The molecule has 4 nitrogen and oxygen atoms in total. The fraction of sp³-hybridized carbons (Fsp3) is 0.692. The summed E-state index contributed by atoms with van der Waals surface area (Å²) >= 11 is 1.59. The van der Waals surface area contributed by atoms with Crippen molar-refractivity contribution in [2.45, 2.75) is 38.6 Å². The van der Waals surface area contributed by atoms with Crippen molar-refractivity contribution in [3.63, 3.8) is 0 Å². The van der Waals surface area contributed by atoms with Crippen molar-refractivity contribution in [3.8, 4) is 0 Å². The maximum Gasteiger partial charge on any atom is 0.223 e. The average Bonchev–Trinajstić information content (AvgIpc) is 3.05. The highest BCUT2D eigenvalue weighted by Crippen LogP contribution is 2.13. The number of carbonyl (C=O) groups excluding carboxylic acids is 1. The number of nitrogens with zero attached hydrogens (tertiary/aromatic N) is 2. The van der Waals surface area contributed by atoms with Gasteiger partial charge < -0.3 is 10.2 Å². The van der Waals surface area contributed by atoms with Gasteiger partial charge in [0.25, 0.3) is 0 Å². The lowest BCUT2D eigenvalue weighted by Gasteiger charge is -2.28. The quantitative estimate of drug-likeness (QED) is 0.866. The minimum atomic E-state index is 0. The Bertz CT molecular complexity index is 370. The van der Waals surface area contributed by atoms with E-state index in [1.54, 1.807) is 11.3 Å². The molecule has 116 valence electrons. The summed E-state index contributed by atoms with van der Waals surface area (Å²) in [6, 6.07) is 0.396. The maximum absolute atomic E-state index is 12.3. The van der Waals surface area contributed by atoms with Crippen LogP contribution in [0.2, 0.25) is 0 Å². The molecule has 2 heterocycles. The number of halogens is 2. The van der Waals surface area contributed by atoms with Gasteiger partial charge in [0.15, 0.2) is 0 Å². The zero-order valence-electron chi connectivity index (χ0n) is 11.7. The highest BCUT2D eigenvalue weighted by atomic mass is 35.5. The van der Waals surface area contributed by atoms with Crippen molar-refractivity contribution < 1.29 is 4.79 Å². The van der Waals surface area contributed by atoms with Crippen molar-refractivity contribution >= 4 is 42.1 Å². The number of aromatic nitrogens is 1. The van der Waals surface area contributed by atoms with Gasteiger partial charge in [-0.05, 0) is 25.8 Å². The third-order valence-corrected chi connectivity index (χ3v) is 3.97. The van der Waals surface area contributed by atoms with E-state index in [1.165, 1.54) is 0 Å². The molecule has 0 radical (unpaired) electrons. The summed E-state index contributed by atoms with van der Waals surface area (Å²) in [6.45, 7) is 4.98. The molecule has 20 heavy (non-hydrogen) atoms. The van der Waals surface area contributed by atoms with Crippen LogP contribution in [0, 0.1) is 0 Å². The Kier molecular flexibility index (Phi) is 10.2. The Labute approximate surface area is 137 Å². The highest BCUT2D eigenvalue weighted by molar-refractivity contribution is 7.07. The number of aryl methyl sites for hydroxylation is 1. The molecule has 1 unspecified atom stereocenters. The van der Waals surface area contributed by atoms with Gasteiger partial charge in [-0.1, -0.05) is 6.92 Å². The second kappa shape index (κ2) is 10.4. The molecule has 0 bridgehead atoms. The SMILES string of the molecule is CCCN(C(=O)CCc1cscn1)C1CCNC1.Cl.Cl. The van der Waals surface area contributed by atoms with E-state index in [2.05, 4.69) is 22.1 Å². The predicted molar refractivity (Wildman–Crippen MR) is 88.2 cm³/mol. The summed E-state index contributed by atoms with van der Waals surface area (Å²) < 4.78 is 0. The van der Waals surface area contributed by atoms with Crippen LogP contribution in [0.4, 0.5) is 0 Å². The van der Waals surface area contributed by atoms with E-state index in [0.29, 0.717) is 12.5 Å². The molecule has 0 aliphatic carbocycles. The Morgan fingerprint density at radius 3 is 2.90 bits per heavy atom. The van der Waals surface area contributed by atoms with Gasteiger partial charge in [0.1, 0.15) is 0 Å². The molecule has 0 aromatic carbocycles. The third-order valence-electron chi connectivity index (χ3n) is 3.34. The lowest BCUT2D eigenvalue weighted by molar-refractivity contribution is -0.133. The number of hydrogen-bond acceptors (Lipinski definition) is 4. The standard InChI is InChI=1S/C13H21N3OS.2ClH/c1-2-7-16(12-5-6-14-8-12)13(17)4-3-11-9-18-10-15-11;;/h9-10,12,14H,2-8H2,1H3;2*1H. The predicted octanol–water partition coefficient (Wildman–Crippen LogP) is 2.52. The Hall–Kier alpha value is -0.360. The topological polar surface area (TPSA) is 45.2 Å². The first-order valence-corrected chi connectivity index (χ1v) is 7.62. The molecule has 1 aliphatic rings. The van der Waals surface area contributed by atoms with Gasteiger partial charge in [-0.3, -0.25) is 4.79 Å². The number of thiazole rings is 1. The van der Waals surface area contributed by atoms with Gasteiger partial charge in [0.05, 0.1) is 11.2 Å². The number of hydrogen-bond donors (Lipinski definition) is 1. The van der Waals surface area contributed by atoms with Crippen LogP contribution in [-0.2, 0) is 11.2 Å². The zero-order valence-corrected chi connectivity index (χ0v) is 14.2. The van der Waals surface area contributed by atoms with Crippen LogP contribution in [0.15, 0.2) is 10.9 Å². The number of amides is 1. The Balaban J connectivity index is 0.00000180. The minimum absolute atomic E-state index is 0. The largest absolute Gasteiger partial charge is 0.338 e. The van der Waals surface area contributed by atoms with E-state index in [9.17, 15) is 4.79 Å². The molecular formula is C13H23Cl2N3OS. The first kappa shape index (κ1) is 19.6. The van der Waals surface area contributed by atoms with Crippen molar-refractivity contribution in [1.82, 2.24) is 15.2 Å². The van der Waals surface area contributed by atoms with Crippen molar-refractivity contribution in [2.24, 2.45) is 0 Å². The summed E-state index contributed by atoms with van der Waals surface area (Å²) in [4.78, 5) is 18.6. The van der Waals surface area contributed by atoms with E-state index >= 15 is 0 Å². The Morgan fingerprint density at radius 2 is 2.35 bits per heavy atom. The molecule has 0 spiro atoms. The molecule has 0 saturated carbocycles. The van der Waals surface area contributed by atoms with E-state index in [4.69, 9.17) is 0 Å². The minimum Gasteiger partial charge on any atom is -0.338 e. The van der Waals surface area contributed by atoms with Crippen LogP contribution in [0.3, 0.4) is 0 Å². The highest BCUT2D eigenvalue weighted by Gasteiger charge is 2.25. The summed E-state index contributed by atoms with van der Waals surface area (Å²) in [5, 5.41) is 5.35. The monoisotopic (exact) mass is 339 g/mol. The zero-order chi connectivity index (χ0) is 12.8. The number of rotatable bonds is 6. The average molecular weight is 340 g/mol. The number of carbonyl (C=O) groups is 1. The lowest BCUT2D eigenvalue weighted by Crippen LogP contribution is -2.42. The van der Waals surface area contributed by atoms with Crippen LogP contribution < -0.4 is 5.32 Å². The second-order valence-corrected chi connectivity index (χ2v) is 5.43. The summed E-state index contributed by atoms with van der Waals surface area (Å²) in [5.74, 6) is 0.276. The fourth-order valence-corrected chi connectivity index (χ4v) is 2.99. The van der Waals surface area contributed by atoms with Gasteiger partial charge in [-0.25, -0.2) is 4.98 Å². The molecule has 1 aromatic rings. The van der Waals surface area contributed by atoms with Gasteiger partial charge in [-0.15, -0.1) is 36.2 Å².